The fourth-order valence-corrected chi connectivity index (χ4v) is 2.12. The van der Waals surface area contributed by atoms with Crippen LogP contribution in [0.2, 0.25) is 0 Å². The van der Waals surface area contributed by atoms with Crippen LogP contribution in [-0.4, -0.2) is 25.8 Å². The van der Waals surface area contributed by atoms with Crippen LogP contribution < -0.4 is 10.4 Å². The summed E-state index contributed by atoms with van der Waals surface area (Å²) in [5.41, 5.74) is 5.46. The first kappa shape index (κ1) is 18.3. The Hall–Kier alpha value is -3.02. The Morgan fingerprint density at radius 1 is 1.04 bits per heavy atom. The van der Waals surface area contributed by atoms with Gasteiger partial charge in [0.05, 0.1) is 7.11 Å². The lowest BCUT2D eigenvalue weighted by Gasteiger charge is -2.23. The van der Waals surface area contributed by atoms with Crippen LogP contribution in [0.3, 0.4) is 0 Å². The maximum Gasteiger partial charge on any atom is 0.440 e. The quantitative estimate of drug-likeness (QED) is 0.724. The summed E-state index contributed by atoms with van der Waals surface area (Å²) in [6.07, 6.45) is -1.49. The second-order valence-corrected chi connectivity index (χ2v) is 5.88. The van der Waals surface area contributed by atoms with Gasteiger partial charge in [-0.2, -0.15) is 0 Å². The number of ether oxygens (including phenoxy) is 1. The van der Waals surface area contributed by atoms with Gasteiger partial charge in [0.2, 0.25) is 0 Å². The molecule has 1 aromatic rings. The highest BCUT2D eigenvalue weighted by Crippen LogP contribution is 2.32. The van der Waals surface area contributed by atoms with Crippen molar-refractivity contribution in [3.05, 3.63) is 54.6 Å². The van der Waals surface area contributed by atoms with Gasteiger partial charge < -0.3 is 9.57 Å². The highest BCUT2D eigenvalue weighted by Gasteiger charge is 2.19. The van der Waals surface area contributed by atoms with Crippen molar-refractivity contribution in [3.8, 4) is 11.1 Å². The zero-order chi connectivity index (χ0) is 18.2. The molecule has 6 nitrogen and oxygen atoms in total. The molecule has 0 saturated carbocycles. The van der Waals surface area contributed by atoms with Gasteiger partial charge in [0.25, 0.3) is 0 Å². The van der Waals surface area contributed by atoms with Crippen molar-refractivity contribution < 1.29 is 19.2 Å². The highest BCUT2D eigenvalue weighted by molar-refractivity contribution is 5.88. The SMILES string of the molecule is COC(=O)NOC(=O)N(CC(C)C)c1ccccc1.c1cc2cc-2c1. The number of carbonyl (C=O) groups excluding carboxylic acids is 2. The molecule has 0 fully saturated rings. The van der Waals surface area contributed by atoms with E-state index in [2.05, 4.69) is 33.8 Å². The Labute approximate surface area is 147 Å². The number of nitrogens with one attached hydrogen (secondary N) is 1. The Balaban J connectivity index is 0.000000306. The van der Waals surface area contributed by atoms with Gasteiger partial charge in [-0.15, -0.1) is 5.48 Å². The average Bonchev–Trinajstić information content (AvgIpc) is 3.23. The summed E-state index contributed by atoms with van der Waals surface area (Å²) in [6, 6.07) is 17.6. The molecule has 0 bridgehead atoms. The van der Waals surface area contributed by atoms with E-state index in [1.54, 1.807) is 12.1 Å². The second kappa shape index (κ2) is 8.73. The molecular weight excluding hydrogens is 320 g/mol. The fraction of sp³-hybridized carbons (Fsp3) is 0.263. The van der Waals surface area contributed by atoms with Crippen molar-refractivity contribution in [1.82, 2.24) is 5.48 Å². The van der Waals surface area contributed by atoms with Gasteiger partial charge in [0.1, 0.15) is 0 Å². The van der Waals surface area contributed by atoms with E-state index in [1.807, 2.05) is 37.5 Å². The van der Waals surface area contributed by atoms with Crippen molar-refractivity contribution in [1.29, 1.82) is 0 Å². The molecule has 0 atom stereocenters. The van der Waals surface area contributed by atoms with Gasteiger partial charge in [0, 0.05) is 12.2 Å². The van der Waals surface area contributed by atoms with Crippen LogP contribution in [0.4, 0.5) is 15.3 Å². The summed E-state index contributed by atoms with van der Waals surface area (Å²) in [5.74, 6) is 0.255. The number of nitrogens with zero attached hydrogens (tertiary/aromatic N) is 1. The summed E-state index contributed by atoms with van der Waals surface area (Å²) in [5, 5.41) is 0. The van der Waals surface area contributed by atoms with Crippen LogP contribution >= 0.6 is 0 Å². The number of carbonyl (C=O) groups is 2. The largest absolute Gasteiger partial charge is 0.451 e. The number of hydrogen-bond donors (Lipinski definition) is 1. The van der Waals surface area contributed by atoms with Crippen molar-refractivity contribution in [2.24, 2.45) is 5.92 Å². The predicted molar refractivity (Wildman–Crippen MR) is 96.1 cm³/mol. The molecule has 0 saturated heterocycles. The summed E-state index contributed by atoms with van der Waals surface area (Å²) in [4.78, 5) is 28.9. The van der Waals surface area contributed by atoms with E-state index in [0.717, 1.165) is 0 Å². The molecule has 1 N–H and O–H groups in total. The predicted octanol–water partition coefficient (Wildman–Crippen LogP) is 4.22. The normalized spacial score (nSPS) is 10.2. The van der Waals surface area contributed by atoms with Crippen molar-refractivity contribution in [3.63, 3.8) is 0 Å². The van der Waals surface area contributed by atoms with Crippen LogP contribution in [0.15, 0.2) is 54.6 Å². The van der Waals surface area contributed by atoms with Crippen LogP contribution in [0.5, 0.6) is 0 Å². The molecule has 3 rings (SSSR count). The lowest BCUT2D eigenvalue weighted by Crippen LogP contribution is -2.39. The van der Waals surface area contributed by atoms with Crippen molar-refractivity contribution in [2.45, 2.75) is 13.8 Å². The summed E-state index contributed by atoms with van der Waals surface area (Å²) in [7, 11) is 1.19. The smallest absolute Gasteiger partial charge is 0.440 e. The molecule has 2 amide bonds. The monoisotopic (exact) mass is 342 g/mol. The first-order chi connectivity index (χ1) is 12.0. The number of fused-ring (bicyclic) bond motifs is 1. The molecule has 0 radical (unpaired) electrons. The number of amides is 2. The second-order valence-electron chi connectivity index (χ2n) is 5.88. The minimum atomic E-state index is -0.828. The Kier molecular flexibility index (Phi) is 6.39. The van der Waals surface area contributed by atoms with Crippen molar-refractivity contribution in [2.75, 3.05) is 18.6 Å². The number of hydrogen-bond acceptors (Lipinski definition) is 4. The Morgan fingerprint density at radius 2 is 1.68 bits per heavy atom. The first-order valence-corrected chi connectivity index (χ1v) is 7.99. The van der Waals surface area contributed by atoms with E-state index in [4.69, 9.17) is 0 Å². The van der Waals surface area contributed by atoms with E-state index in [-0.39, 0.29) is 5.92 Å². The minimum absolute atomic E-state index is 0.255. The number of methoxy groups -OCH3 is 1. The van der Waals surface area contributed by atoms with Crippen LogP contribution in [-0.2, 0) is 9.57 Å². The fourth-order valence-electron chi connectivity index (χ4n) is 2.12. The third kappa shape index (κ3) is 5.84. The third-order valence-corrected chi connectivity index (χ3v) is 3.36. The molecule has 0 unspecified atom stereocenters. The van der Waals surface area contributed by atoms with Gasteiger partial charge in [-0.1, -0.05) is 50.2 Å². The topological polar surface area (TPSA) is 67.9 Å². The van der Waals surface area contributed by atoms with E-state index in [9.17, 15) is 9.59 Å². The molecule has 2 aliphatic carbocycles. The van der Waals surface area contributed by atoms with Gasteiger partial charge in [-0.25, -0.2) is 9.59 Å². The molecule has 0 heterocycles. The van der Waals surface area contributed by atoms with E-state index < -0.39 is 12.2 Å². The maximum atomic E-state index is 11.9. The number of anilines is 1. The molecule has 6 heteroatoms. The molecule has 2 aliphatic rings. The summed E-state index contributed by atoms with van der Waals surface area (Å²) < 4.78 is 4.32. The van der Waals surface area contributed by atoms with Gasteiger partial charge in [0.15, 0.2) is 0 Å². The molecular formula is C19H22N2O4. The van der Waals surface area contributed by atoms with E-state index in [0.29, 0.717) is 12.2 Å². The highest BCUT2D eigenvalue weighted by atomic mass is 16.7. The molecule has 25 heavy (non-hydrogen) atoms. The van der Waals surface area contributed by atoms with Gasteiger partial charge in [-0.05, 0) is 35.2 Å². The maximum absolute atomic E-state index is 11.9. The summed E-state index contributed by atoms with van der Waals surface area (Å²) in [6.45, 7) is 4.44. The summed E-state index contributed by atoms with van der Waals surface area (Å²) >= 11 is 0. The van der Waals surface area contributed by atoms with Crippen LogP contribution in [0.25, 0.3) is 11.1 Å². The van der Waals surface area contributed by atoms with E-state index >= 15 is 0 Å². The molecule has 0 spiro atoms. The lowest BCUT2D eigenvalue weighted by atomic mass is 10.2. The minimum Gasteiger partial charge on any atom is -0.451 e. The van der Waals surface area contributed by atoms with Crippen LogP contribution in [0.1, 0.15) is 13.8 Å². The number of hydroxylamine groups is 1. The number of para-hydroxylation sites is 1. The number of rotatable bonds is 3. The van der Waals surface area contributed by atoms with E-state index in [1.165, 1.54) is 23.1 Å². The van der Waals surface area contributed by atoms with Gasteiger partial charge >= 0.3 is 12.2 Å². The molecule has 132 valence electrons. The average molecular weight is 342 g/mol. The first-order valence-electron chi connectivity index (χ1n) is 7.99. The third-order valence-electron chi connectivity index (χ3n) is 3.36. The Morgan fingerprint density at radius 3 is 2.12 bits per heavy atom. The number of benzene rings is 2. The zero-order valence-electron chi connectivity index (χ0n) is 14.6. The van der Waals surface area contributed by atoms with Crippen LogP contribution in [0, 0.1) is 5.92 Å². The lowest BCUT2D eigenvalue weighted by molar-refractivity contribution is 0.0766. The van der Waals surface area contributed by atoms with Crippen molar-refractivity contribution >= 4 is 17.9 Å². The van der Waals surface area contributed by atoms with Gasteiger partial charge in [-0.3, -0.25) is 4.90 Å². The standard InChI is InChI=1S/C13H18N2O4.C6H4/c1-10(2)9-15(11-7-5-4-6-8-11)13(17)19-14-12(16)18-3;1-2-5-4-6(5)3-1/h4-8,10H,9H2,1-3H3,(H,14,16);1-4H. The Bertz CT molecular complexity index is 699. The molecule has 0 aliphatic heterocycles. The zero-order valence-corrected chi connectivity index (χ0v) is 14.6. The molecule has 0 aromatic heterocycles. The molecule has 1 aromatic carbocycles.